The third kappa shape index (κ3) is 1.65. The van der Waals surface area contributed by atoms with Gasteiger partial charge in [-0.1, -0.05) is 0 Å². The molecule has 8 heavy (non-hydrogen) atoms. The molecule has 3 heteroatoms. The Labute approximate surface area is 54.0 Å². The number of ether oxygens (including phenoxy) is 1. The Hall–Kier alpha value is 0.270. The van der Waals surface area contributed by atoms with Crippen LogP contribution in [0.2, 0.25) is 0 Å². The minimum absolute atomic E-state index is 0.531. The third-order valence-corrected chi connectivity index (χ3v) is 2.04. The molecule has 1 atom stereocenters. The first-order valence-corrected chi connectivity index (χ1v) is 4.06. The topological polar surface area (TPSA) is 21.3 Å². The SMILES string of the molecule is CSC1COCCN1. The van der Waals surface area contributed by atoms with Gasteiger partial charge in [0.15, 0.2) is 0 Å². The largest absolute Gasteiger partial charge is 0.378 e. The molecule has 1 unspecified atom stereocenters. The summed E-state index contributed by atoms with van der Waals surface area (Å²) in [6.45, 7) is 2.74. The van der Waals surface area contributed by atoms with Crippen molar-refractivity contribution in [2.75, 3.05) is 26.0 Å². The molecule has 1 aliphatic heterocycles. The van der Waals surface area contributed by atoms with E-state index in [9.17, 15) is 0 Å². The molecule has 2 nitrogen and oxygen atoms in total. The van der Waals surface area contributed by atoms with Gasteiger partial charge in [0, 0.05) is 6.54 Å². The van der Waals surface area contributed by atoms with Crippen LogP contribution in [0.5, 0.6) is 0 Å². The summed E-state index contributed by atoms with van der Waals surface area (Å²) in [6, 6.07) is 0. The van der Waals surface area contributed by atoms with Gasteiger partial charge in [-0.25, -0.2) is 0 Å². The van der Waals surface area contributed by atoms with Gasteiger partial charge in [0.05, 0.1) is 18.6 Å². The molecule has 0 aromatic rings. The second-order valence-corrected chi connectivity index (χ2v) is 2.79. The van der Waals surface area contributed by atoms with E-state index < -0.39 is 0 Å². The van der Waals surface area contributed by atoms with Gasteiger partial charge in [-0.3, -0.25) is 0 Å². The molecule has 0 spiro atoms. The van der Waals surface area contributed by atoms with E-state index in [2.05, 4.69) is 11.6 Å². The van der Waals surface area contributed by atoms with Crippen molar-refractivity contribution in [2.45, 2.75) is 5.37 Å². The first-order valence-electron chi connectivity index (χ1n) is 2.77. The third-order valence-electron chi connectivity index (χ3n) is 1.17. The van der Waals surface area contributed by atoms with E-state index in [0.29, 0.717) is 5.37 Å². The summed E-state index contributed by atoms with van der Waals surface area (Å²) in [5.41, 5.74) is 0. The zero-order valence-corrected chi connectivity index (χ0v) is 5.83. The van der Waals surface area contributed by atoms with Crippen LogP contribution in [0, 0.1) is 0 Å². The van der Waals surface area contributed by atoms with Crippen molar-refractivity contribution in [1.82, 2.24) is 5.32 Å². The van der Waals surface area contributed by atoms with Crippen LogP contribution in [0.15, 0.2) is 0 Å². The van der Waals surface area contributed by atoms with E-state index in [1.165, 1.54) is 0 Å². The van der Waals surface area contributed by atoms with Gasteiger partial charge in [-0.05, 0) is 6.26 Å². The van der Waals surface area contributed by atoms with E-state index in [1.54, 1.807) is 0 Å². The predicted molar refractivity (Wildman–Crippen MR) is 36.1 cm³/mol. The number of thioether (sulfide) groups is 1. The van der Waals surface area contributed by atoms with Crippen LogP contribution in [0.4, 0.5) is 0 Å². The predicted octanol–water partition coefficient (Wildman–Crippen LogP) is 0.295. The van der Waals surface area contributed by atoms with Crippen molar-refractivity contribution < 1.29 is 4.74 Å². The standard InChI is InChI=1S/C5H11NOS/c1-8-5-4-7-3-2-6-5/h5-6H,2-4H2,1H3. The molecule has 0 saturated carbocycles. The quantitative estimate of drug-likeness (QED) is 0.555. The maximum atomic E-state index is 5.19. The molecule has 1 aliphatic rings. The summed E-state index contributed by atoms with van der Waals surface area (Å²) in [4.78, 5) is 0. The Balaban J connectivity index is 2.13. The molecule has 1 rings (SSSR count). The van der Waals surface area contributed by atoms with Gasteiger partial charge in [-0.2, -0.15) is 0 Å². The number of hydrogen-bond donors (Lipinski definition) is 1. The van der Waals surface area contributed by atoms with Crippen molar-refractivity contribution in [1.29, 1.82) is 0 Å². The Kier molecular flexibility index (Phi) is 2.66. The number of hydrogen-bond acceptors (Lipinski definition) is 3. The van der Waals surface area contributed by atoms with Crippen molar-refractivity contribution >= 4 is 11.8 Å². The van der Waals surface area contributed by atoms with Gasteiger partial charge < -0.3 is 10.1 Å². The fourth-order valence-corrected chi connectivity index (χ4v) is 1.21. The Morgan fingerprint density at radius 3 is 3.00 bits per heavy atom. The molecular weight excluding hydrogens is 122 g/mol. The fourth-order valence-electron chi connectivity index (χ4n) is 0.693. The van der Waals surface area contributed by atoms with Crippen LogP contribution in [-0.2, 0) is 4.74 Å². The van der Waals surface area contributed by atoms with Crippen LogP contribution in [0.3, 0.4) is 0 Å². The highest BCUT2D eigenvalue weighted by atomic mass is 32.2. The Bertz CT molecular complexity index is 63.4. The summed E-state index contributed by atoms with van der Waals surface area (Å²) in [7, 11) is 0. The smallest absolute Gasteiger partial charge is 0.0767 e. The van der Waals surface area contributed by atoms with Crippen molar-refractivity contribution in [3.8, 4) is 0 Å². The highest BCUT2D eigenvalue weighted by Crippen LogP contribution is 2.04. The van der Waals surface area contributed by atoms with E-state index in [0.717, 1.165) is 19.8 Å². The van der Waals surface area contributed by atoms with Crippen molar-refractivity contribution in [3.05, 3.63) is 0 Å². The molecule has 1 heterocycles. The van der Waals surface area contributed by atoms with Crippen LogP contribution >= 0.6 is 11.8 Å². The van der Waals surface area contributed by atoms with Gasteiger partial charge in [-0.15, -0.1) is 11.8 Å². The summed E-state index contributed by atoms with van der Waals surface area (Å²) in [6.07, 6.45) is 2.09. The zero-order valence-electron chi connectivity index (χ0n) is 5.02. The van der Waals surface area contributed by atoms with Crippen LogP contribution in [-0.4, -0.2) is 31.4 Å². The normalized spacial score (nSPS) is 30.4. The number of morpholine rings is 1. The molecule has 0 aliphatic carbocycles. The Morgan fingerprint density at radius 1 is 1.75 bits per heavy atom. The van der Waals surface area contributed by atoms with Gasteiger partial charge >= 0.3 is 0 Å². The van der Waals surface area contributed by atoms with Gasteiger partial charge in [0.2, 0.25) is 0 Å². The van der Waals surface area contributed by atoms with Crippen molar-refractivity contribution in [3.63, 3.8) is 0 Å². The summed E-state index contributed by atoms with van der Waals surface area (Å²) in [5, 5.41) is 3.84. The van der Waals surface area contributed by atoms with E-state index in [1.807, 2.05) is 11.8 Å². The second-order valence-electron chi connectivity index (χ2n) is 1.75. The lowest BCUT2D eigenvalue weighted by molar-refractivity contribution is 0.100. The lowest BCUT2D eigenvalue weighted by Gasteiger charge is -2.21. The molecule has 1 fully saturated rings. The molecule has 0 bridgehead atoms. The summed E-state index contributed by atoms with van der Waals surface area (Å²) < 4.78 is 5.19. The van der Waals surface area contributed by atoms with E-state index in [-0.39, 0.29) is 0 Å². The van der Waals surface area contributed by atoms with E-state index >= 15 is 0 Å². The summed E-state index contributed by atoms with van der Waals surface area (Å²) in [5.74, 6) is 0. The van der Waals surface area contributed by atoms with Crippen LogP contribution < -0.4 is 5.32 Å². The maximum absolute atomic E-state index is 5.19. The second kappa shape index (κ2) is 3.33. The lowest BCUT2D eigenvalue weighted by atomic mass is 10.5. The molecular formula is C5H11NOS. The highest BCUT2D eigenvalue weighted by molar-refractivity contribution is 7.99. The lowest BCUT2D eigenvalue weighted by Crippen LogP contribution is -2.38. The minimum Gasteiger partial charge on any atom is -0.378 e. The monoisotopic (exact) mass is 133 g/mol. The fraction of sp³-hybridized carbons (Fsp3) is 1.00. The first kappa shape index (κ1) is 6.39. The first-order chi connectivity index (χ1) is 3.93. The number of rotatable bonds is 1. The van der Waals surface area contributed by atoms with Gasteiger partial charge in [0.1, 0.15) is 0 Å². The molecule has 0 amide bonds. The zero-order chi connectivity index (χ0) is 5.82. The van der Waals surface area contributed by atoms with Crippen LogP contribution in [0.25, 0.3) is 0 Å². The van der Waals surface area contributed by atoms with E-state index in [4.69, 9.17) is 4.74 Å². The van der Waals surface area contributed by atoms with Crippen molar-refractivity contribution in [2.24, 2.45) is 0 Å². The molecule has 1 saturated heterocycles. The molecule has 0 radical (unpaired) electrons. The highest BCUT2D eigenvalue weighted by Gasteiger charge is 2.09. The van der Waals surface area contributed by atoms with Crippen LogP contribution in [0.1, 0.15) is 0 Å². The Morgan fingerprint density at radius 2 is 2.62 bits per heavy atom. The molecule has 0 aromatic carbocycles. The molecule has 1 N–H and O–H groups in total. The number of nitrogens with one attached hydrogen (secondary N) is 1. The summed E-state index contributed by atoms with van der Waals surface area (Å²) >= 11 is 1.81. The molecule has 0 aromatic heterocycles. The molecule has 48 valence electrons. The minimum atomic E-state index is 0.531. The maximum Gasteiger partial charge on any atom is 0.0767 e. The average molecular weight is 133 g/mol. The van der Waals surface area contributed by atoms with Gasteiger partial charge in [0.25, 0.3) is 0 Å². The average Bonchev–Trinajstić information content (AvgIpc) is 1.90.